The number of rotatable bonds is 3. The SMILES string of the molecule is CCC1(C)CCN(C(=O)C(N)c2ccccc2)CC1.Cl. The fraction of sp³-hybridized carbons (Fsp3) is 0.562. The van der Waals surface area contributed by atoms with Crippen molar-refractivity contribution in [3.63, 3.8) is 0 Å². The summed E-state index contributed by atoms with van der Waals surface area (Å²) in [6, 6.07) is 9.10. The molecule has 1 heterocycles. The van der Waals surface area contributed by atoms with Crippen LogP contribution in [0.3, 0.4) is 0 Å². The highest BCUT2D eigenvalue weighted by Gasteiger charge is 2.32. The van der Waals surface area contributed by atoms with Crippen LogP contribution in [0.4, 0.5) is 0 Å². The van der Waals surface area contributed by atoms with Crippen LogP contribution in [0.15, 0.2) is 30.3 Å². The molecular weight excluding hydrogens is 272 g/mol. The highest BCUT2D eigenvalue weighted by atomic mass is 35.5. The highest BCUT2D eigenvalue weighted by molar-refractivity contribution is 5.85. The summed E-state index contributed by atoms with van der Waals surface area (Å²) in [6.45, 7) is 6.21. The molecule has 0 bridgehead atoms. The Morgan fingerprint density at radius 2 is 1.85 bits per heavy atom. The van der Waals surface area contributed by atoms with Gasteiger partial charge in [0, 0.05) is 13.1 Å². The van der Waals surface area contributed by atoms with Gasteiger partial charge in [-0.05, 0) is 23.8 Å². The maximum atomic E-state index is 12.4. The second-order valence-electron chi connectivity index (χ2n) is 5.88. The quantitative estimate of drug-likeness (QED) is 0.931. The molecule has 4 heteroatoms. The summed E-state index contributed by atoms with van der Waals surface area (Å²) in [6.07, 6.45) is 3.34. The number of likely N-dealkylation sites (tertiary alicyclic amines) is 1. The molecule has 1 aliphatic heterocycles. The summed E-state index contributed by atoms with van der Waals surface area (Å²) in [5.41, 5.74) is 7.37. The van der Waals surface area contributed by atoms with Crippen LogP contribution in [-0.2, 0) is 4.79 Å². The van der Waals surface area contributed by atoms with Gasteiger partial charge in [0.2, 0.25) is 5.91 Å². The van der Waals surface area contributed by atoms with Crippen molar-refractivity contribution in [3.8, 4) is 0 Å². The van der Waals surface area contributed by atoms with Gasteiger partial charge < -0.3 is 10.6 Å². The monoisotopic (exact) mass is 296 g/mol. The number of amides is 1. The van der Waals surface area contributed by atoms with Gasteiger partial charge in [-0.3, -0.25) is 4.79 Å². The third kappa shape index (κ3) is 3.74. The number of halogens is 1. The van der Waals surface area contributed by atoms with Crippen LogP contribution >= 0.6 is 12.4 Å². The zero-order chi connectivity index (χ0) is 13.9. The minimum Gasteiger partial charge on any atom is -0.341 e. The lowest BCUT2D eigenvalue weighted by Crippen LogP contribution is -2.45. The summed E-state index contributed by atoms with van der Waals surface area (Å²) >= 11 is 0. The minimum atomic E-state index is -0.521. The van der Waals surface area contributed by atoms with E-state index in [4.69, 9.17) is 5.73 Å². The lowest BCUT2D eigenvalue weighted by Gasteiger charge is -2.39. The first kappa shape index (κ1) is 17.0. The number of piperidine rings is 1. The summed E-state index contributed by atoms with van der Waals surface area (Å²) in [5.74, 6) is 0.0596. The molecule has 3 nitrogen and oxygen atoms in total. The molecule has 1 aliphatic rings. The first-order valence-electron chi connectivity index (χ1n) is 7.15. The van der Waals surface area contributed by atoms with E-state index >= 15 is 0 Å². The lowest BCUT2D eigenvalue weighted by molar-refractivity contribution is -0.135. The van der Waals surface area contributed by atoms with E-state index in [1.807, 2.05) is 35.2 Å². The van der Waals surface area contributed by atoms with Crippen LogP contribution in [0.25, 0.3) is 0 Å². The molecule has 0 saturated carbocycles. The van der Waals surface area contributed by atoms with Crippen molar-refractivity contribution in [1.82, 2.24) is 4.90 Å². The van der Waals surface area contributed by atoms with Gasteiger partial charge in [0.15, 0.2) is 0 Å². The Balaban J connectivity index is 0.00000200. The normalized spacial score (nSPS) is 19.1. The van der Waals surface area contributed by atoms with E-state index in [0.717, 1.165) is 31.5 Å². The zero-order valence-corrected chi connectivity index (χ0v) is 13.2. The number of carbonyl (C=O) groups excluding carboxylic acids is 1. The average molecular weight is 297 g/mol. The van der Waals surface area contributed by atoms with Crippen LogP contribution in [0.1, 0.15) is 44.7 Å². The van der Waals surface area contributed by atoms with Crippen molar-refractivity contribution in [1.29, 1.82) is 0 Å². The Morgan fingerprint density at radius 3 is 2.35 bits per heavy atom. The average Bonchev–Trinajstić information content (AvgIpc) is 2.47. The molecule has 1 saturated heterocycles. The molecule has 0 spiro atoms. The molecule has 0 aromatic heterocycles. The Labute approximate surface area is 127 Å². The Morgan fingerprint density at radius 1 is 1.30 bits per heavy atom. The van der Waals surface area contributed by atoms with Crippen molar-refractivity contribution >= 4 is 18.3 Å². The van der Waals surface area contributed by atoms with E-state index in [-0.39, 0.29) is 18.3 Å². The van der Waals surface area contributed by atoms with E-state index in [2.05, 4.69) is 13.8 Å². The van der Waals surface area contributed by atoms with Gasteiger partial charge in [0.05, 0.1) is 0 Å². The van der Waals surface area contributed by atoms with Gasteiger partial charge in [0.1, 0.15) is 6.04 Å². The van der Waals surface area contributed by atoms with Crippen molar-refractivity contribution in [2.75, 3.05) is 13.1 Å². The molecule has 1 amide bonds. The molecule has 1 atom stereocenters. The van der Waals surface area contributed by atoms with Gasteiger partial charge in [-0.15, -0.1) is 12.4 Å². The summed E-state index contributed by atoms with van der Waals surface area (Å²) in [7, 11) is 0. The van der Waals surface area contributed by atoms with Crippen LogP contribution in [0, 0.1) is 5.41 Å². The van der Waals surface area contributed by atoms with E-state index < -0.39 is 6.04 Å². The number of hydrogen-bond acceptors (Lipinski definition) is 2. The number of nitrogens with zero attached hydrogens (tertiary/aromatic N) is 1. The Bertz CT molecular complexity index is 427. The fourth-order valence-corrected chi connectivity index (χ4v) is 2.62. The van der Waals surface area contributed by atoms with Gasteiger partial charge in [-0.1, -0.05) is 50.6 Å². The van der Waals surface area contributed by atoms with E-state index in [9.17, 15) is 4.79 Å². The van der Waals surface area contributed by atoms with Crippen LogP contribution in [-0.4, -0.2) is 23.9 Å². The summed E-state index contributed by atoms with van der Waals surface area (Å²) in [5, 5.41) is 0. The molecule has 1 unspecified atom stereocenters. The molecular formula is C16H25ClN2O. The smallest absolute Gasteiger partial charge is 0.244 e. The summed E-state index contributed by atoms with van der Waals surface area (Å²) in [4.78, 5) is 14.3. The minimum absolute atomic E-state index is 0. The molecule has 112 valence electrons. The van der Waals surface area contributed by atoms with Crippen LogP contribution in [0.5, 0.6) is 0 Å². The third-order valence-electron chi connectivity index (χ3n) is 4.56. The van der Waals surface area contributed by atoms with Gasteiger partial charge in [0.25, 0.3) is 0 Å². The number of hydrogen-bond donors (Lipinski definition) is 1. The zero-order valence-electron chi connectivity index (χ0n) is 12.3. The molecule has 0 aliphatic carbocycles. The van der Waals surface area contributed by atoms with Crippen LogP contribution in [0.2, 0.25) is 0 Å². The van der Waals surface area contributed by atoms with Crippen molar-refractivity contribution in [2.45, 2.75) is 39.2 Å². The Hall–Kier alpha value is -1.06. The Kier molecular flexibility index (Phi) is 6.03. The first-order valence-corrected chi connectivity index (χ1v) is 7.15. The number of nitrogens with two attached hydrogens (primary N) is 1. The van der Waals surface area contributed by atoms with E-state index in [1.54, 1.807) is 0 Å². The molecule has 1 aromatic carbocycles. The van der Waals surface area contributed by atoms with Crippen molar-refractivity contribution < 1.29 is 4.79 Å². The van der Waals surface area contributed by atoms with Gasteiger partial charge in [-0.2, -0.15) is 0 Å². The first-order chi connectivity index (χ1) is 9.06. The largest absolute Gasteiger partial charge is 0.341 e. The molecule has 2 rings (SSSR count). The van der Waals surface area contributed by atoms with E-state index in [1.165, 1.54) is 6.42 Å². The topological polar surface area (TPSA) is 46.3 Å². The van der Waals surface area contributed by atoms with E-state index in [0.29, 0.717) is 5.41 Å². The maximum absolute atomic E-state index is 12.4. The predicted molar refractivity (Wildman–Crippen MR) is 84.8 cm³/mol. The van der Waals surface area contributed by atoms with Crippen molar-refractivity contribution in [2.24, 2.45) is 11.1 Å². The molecule has 0 radical (unpaired) electrons. The molecule has 20 heavy (non-hydrogen) atoms. The van der Waals surface area contributed by atoms with Gasteiger partial charge in [-0.25, -0.2) is 0 Å². The number of benzene rings is 1. The third-order valence-corrected chi connectivity index (χ3v) is 4.56. The van der Waals surface area contributed by atoms with Crippen molar-refractivity contribution in [3.05, 3.63) is 35.9 Å². The highest BCUT2D eigenvalue weighted by Crippen LogP contribution is 2.34. The standard InChI is InChI=1S/C16H24N2O.ClH/c1-3-16(2)9-11-18(12-10-16)15(19)14(17)13-7-5-4-6-8-13;/h4-8,14H,3,9-12,17H2,1-2H3;1H. The second kappa shape index (κ2) is 7.09. The molecule has 1 aromatic rings. The van der Waals surface area contributed by atoms with Gasteiger partial charge >= 0.3 is 0 Å². The maximum Gasteiger partial charge on any atom is 0.244 e. The summed E-state index contributed by atoms with van der Waals surface area (Å²) < 4.78 is 0. The number of carbonyl (C=O) groups is 1. The fourth-order valence-electron chi connectivity index (χ4n) is 2.62. The molecule has 2 N–H and O–H groups in total. The molecule has 1 fully saturated rings. The second-order valence-corrected chi connectivity index (χ2v) is 5.88. The predicted octanol–water partition coefficient (Wildman–Crippen LogP) is 3.15. The van der Waals surface area contributed by atoms with Crippen LogP contribution < -0.4 is 5.73 Å². The lowest BCUT2D eigenvalue weighted by atomic mass is 9.78.